The zero-order chi connectivity index (χ0) is 15.5. The summed E-state index contributed by atoms with van der Waals surface area (Å²) >= 11 is 0. The Morgan fingerprint density at radius 2 is 2.00 bits per heavy atom. The van der Waals surface area contributed by atoms with Crippen LogP contribution in [0, 0.1) is 0 Å². The first-order valence-electron chi connectivity index (χ1n) is 5.97. The van der Waals surface area contributed by atoms with Crippen molar-refractivity contribution in [3.05, 3.63) is 0 Å². The maximum atomic E-state index is 12.0. The number of nitrogens with zero attached hydrogens (tertiary/aromatic N) is 1. The maximum absolute atomic E-state index is 12.0. The molecule has 1 saturated heterocycles. The predicted octanol–water partition coefficient (Wildman–Crippen LogP) is -1.17. The summed E-state index contributed by atoms with van der Waals surface area (Å²) in [5, 5.41) is 22.2. The molecule has 0 unspecified atom stereocenters. The minimum atomic E-state index is -1.54. The Bertz CT molecular complexity index is 447. The predicted molar refractivity (Wildman–Crippen MR) is 66.0 cm³/mol. The van der Waals surface area contributed by atoms with Crippen LogP contribution in [-0.4, -0.2) is 63.7 Å². The zero-order valence-corrected chi connectivity index (χ0v) is 11.2. The second-order valence-corrected chi connectivity index (χ2v) is 4.90. The van der Waals surface area contributed by atoms with Gasteiger partial charge >= 0.3 is 18.0 Å². The maximum Gasteiger partial charge on any atom is 0.326 e. The molecule has 0 aliphatic carbocycles. The highest BCUT2D eigenvalue weighted by molar-refractivity contribution is 5.93. The van der Waals surface area contributed by atoms with Crippen LogP contribution in [0.3, 0.4) is 0 Å². The molecule has 1 rings (SSSR count). The Hall–Kier alpha value is -2.32. The van der Waals surface area contributed by atoms with E-state index >= 15 is 0 Å². The quantitative estimate of drug-likeness (QED) is 0.514. The first kappa shape index (κ1) is 15.7. The number of amides is 3. The lowest BCUT2D eigenvalue weighted by molar-refractivity contribution is -0.145. The zero-order valence-electron chi connectivity index (χ0n) is 11.2. The Labute approximate surface area is 114 Å². The van der Waals surface area contributed by atoms with E-state index in [1.807, 2.05) is 0 Å². The van der Waals surface area contributed by atoms with E-state index in [0.717, 1.165) is 0 Å². The van der Waals surface area contributed by atoms with Crippen LogP contribution in [0.25, 0.3) is 0 Å². The molecule has 1 heterocycles. The van der Waals surface area contributed by atoms with E-state index in [0.29, 0.717) is 0 Å². The smallest absolute Gasteiger partial charge is 0.326 e. The van der Waals surface area contributed by atoms with Crippen molar-refractivity contribution in [3.8, 4) is 0 Å². The van der Waals surface area contributed by atoms with Crippen molar-refractivity contribution in [2.24, 2.45) is 0 Å². The van der Waals surface area contributed by atoms with Gasteiger partial charge in [-0.3, -0.25) is 9.59 Å². The molecule has 0 aromatic rings. The number of carboxylic acids is 2. The summed E-state index contributed by atoms with van der Waals surface area (Å²) in [6.45, 7) is 3.51. The number of urea groups is 1. The van der Waals surface area contributed by atoms with Crippen LogP contribution in [0.2, 0.25) is 0 Å². The van der Waals surface area contributed by atoms with Crippen molar-refractivity contribution >= 4 is 23.9 Å². The minimum absolute atomic E-state index is 0.212. The second-order valence-electron chi connectivity index (χ2n) is 4.90. The number of nitrogens with one attached hydrogen (secondary N) is 2. The minimum Gasteiger partial charge on any atom is -0.481 e. The van der Waals surface area contributed by atoms with Crippen molar-refractivity contribution in [2.45, 2.75) is 31.8 Å². The van der Waals surface area contributed by atoms with Gasteiger partial charge in [-0.1, -0.05) is 0 Å². The average Bonchev–Trinajstić information content (AvgIpc) is 2.30. The SMILES string of the molecule is CC1(C)C(=O)NCCN1C(=O)N[C@@H](CC(=O)O)C(=O)O. The molecule has 0 saturated carbocycles. The van der Waals surface area contributed by atoms with Crippen molar-refractivity contribution in [3.63, 3.8) is 0 Å². The van der Waals surface area contributed by atoms with Crippen LogP contribution < -0.4 is 10.6 Å². The number of carboxylic acid groups (broad SMARTS) is 2. The van der Waals surface area contributed by atoms with Crippen LogP contribution in [0.5, 0.6) is 0 Å². The van der Waals surface area contributed by atoms with E-state index in [4.69, 9.17) is 10.2 Å². The molecule has 20 heavy (non-hydrogen) atoms. The van der Waals surface area contributed by atoms with Gasteiger partial charge in [0.2, 0.25) is 5.91 Å². The molecule has 112 valence electrons. The fraction of sp³-hybridized carbons (Fsp3) is 0.636. The molecule has 1 fully saturated rings. The molecule has 0 spiro atoms. The van der Waals surface area contributed by atoms with E-state index in [9.17, 15) is 19.2 Å². The number of rotatable bonds is 4. The van der Waals surface area contributed by atoms with Crippen molar-refractivity contribution in [1.82, 2.24) is 15.5 Å². The highest BCUT2D eigenvalue weighted by atomic mass is 16.4. The number of hydrogen-bond acceptors (Lipinski definition) is 4. The van der Waals surface area contributed by atoms with Crippen LogP contribution in [0.15, 0.2) is 0 Å². The van der Waals surface area contributed by atoms with Gasteiger partial charge in [-0.15, -0.1) is 0 Å². The summed E-state index contributed by atoms with van der Waals surface area (Å²) < 4.78 is 0. The Balaban J connectivity index is 2.80. The third kappa shape index (κ3) is 3.37. The molecular weight excluding hydrogens is 270 g/mol. The van der Waals surface area contributed by atoms with E-state index in [-0.39, 0.29) is 19.0 Å². The van der Waals surface area contributed by atoms with Crippen LogP contribution in [-0.2, 0) is 14.4 Å². The summed E-state index contributed by atoms with van der Waals surface area (Å²) in [5.41, 5.74) is -1.13. The number of aliphatic carboxylic acids is 2. The number of hydrogen-bond donors (Lipinski definition) is 4. The van der Waals surface area contributed by atoms with Crippen LogP contribution in [0.1, 0.15) is 20.3 Å². The van der Waals surface area contributed by atoms with E-state index < -0.39 is 36.0 Å². The number of piperazine rings is 1. The Morgan fingerprint density at radius 1 is 1.40 bits per heavy atom. The second kappa shape index (κ2) is 5.76. The van der Waals surface area contributed by atoms with Gasteiger partial charge in [0.1, 0.15) is 11.6 Å². The van der Waals surface area contributed by atoms with Gasteiger partial charge < -0.3 is 25.7 Å². The molecule has 1 atom stereocenters. The normalized spacial score (nSPS) is 18.9. The van der Waals surface area contributed by atoms with Crippen molar-refractivity contribution in [1.29, 1.82) is 0 Å². The van der Waals surface area contributed by atoms with Gasteiger partial charge in [-0.25, -0.2) is 9.59 Å². The third-order valence-electron chi connectivity index (χ3n) is 3.07. The Morgan fingerprint density at radius 3 is 2.50 bits per heavy atom. The van der Waals surface area contributed by atoms with Crippen molar-refractivity contribution in [2.75, 3.05) is 13.1 Å². The fourth-order valence-corrected chi connectivity index (χ4v) is 1.86. The van der Waals surface area contributed by atoms with Gasteiger partial charge in [0, 0.05) is 13.1 Å². The first-order valence-corrected chi connectivity index (χ1v) is 5.97. The molecule has 9 nitrogen and oxygen atoms in total. The summed E-state index contributed by atoms with van der Waals surface area (Å²) in [4.78, 5) is 46.4. The molecule has 1 aliphatic heterocycles. The number of carbonyl (C=O) groups excluding carboxylic acids is 2. The lowest BCUT2D eigenvalue weighted by atomic mass is 9.99. The molecular formula is C11H17N3O6. The van der Waals surface area contributed by atoms with Crippen molar-refractivity contribution < 1.29 is 29.4 Å². The molecule has 1 aliphatic rings. The van der Waals surface area contributed by atoms with Crippen LogP contribution in [0.4, 0.5) is 4.79 Å². The monoisotopic (exact) mass is 287 g/mol. The summed E-state index contributed by atoms with van der Waals surface area (Å²) in [6.07, 6.45) is -0.735. The van der Waals surface area contributed by atoms with Gasteiger partial charge in [-0.05, 0) is 13.8 Å². The number of carbonyl (C=O) groups is 4. The lowest BCUT2D eigenvalue weighted by Gasteiger charge is -2.41. The molecule has 3 amide bonds. The van der Waals surface area contributed by atoms with Gasteiger partial charge in [0.05, 0.1) is 6.42 Å². The largest absolute Gasteiger partial charge is 0.481 e. The summed E-state index contributed by atoms with van der Waals surface area (Å²) in [7, 11) is 0. The van der Waals surface area contributed by atoms with Gasteiger partial charge in [-0.2, -0.15) is 0 Å². The van der Waals surface area contributed by atoms with Crippen LogP contribution >= 0.6 is 0 Å². The lowest BCUT2D eigenvalue weighted by Crippen LogP contribution is -2.66. The third-order valence-corrected chi connectivity index (χ3v) is 3.07. The Kier molecular flexibility index (Phi) is 4.53. The summed E-state index contributed by atoms with van der Waals surface area (Å²) in [5.74, 6) is -3.14. The topological polar surface area (TPSA) is 136 Å². The molecule has 0 bridgehead atoms. The molecule has 0 aromatic carbocycles. The highest BCUT2D eigenvalue weighted by Gasteiger charge is 2.41. The molecule has 0 radical (unpaired) electrons. The van der Waals surface area contributed by atoms with E-state index in [1.165, 1.54) is 18.7 Å². The molecule has 0 aromatic heterocycles. The fourth-order valence-electron chi connectivity index (χ4n) is 1.86. The van der Waals surface area contributed by atoms with Gasteiger partial charge in [0.15, 0.2) is 0 Å². The average molecular weight is 287 g/mol. The van der Waals surface area contributed by atoms with E-state index in [1.54, 1.807) is 0 Å². The molecule has 9 heteroatoms. The first-order chi connectivity index (χ1) is 9.16. The highest BCUT2D eigenvalue weighted by Crippen LogP contribution is 2.17. The summed E-state index contributed by atoms with van der Waals surface area (Å²) in [6, 6.07) is -2.32. The van der Waals surface area contributed by atoms with E-state index in [2.05, 4.69) is 10.6 Å². The standard InChI is InChI=1S/C11H17N3O6/c1-11(2)9(19)12-3-4-14(11)10(20)13-6(8(17)18)5-7(15)16/h6H,3-5H2,1-2H3,(H,12,19)(H,13,20)(H,15,16)(H,17,18)/t6-/m0/s1. The van der Waals surface area contributed by atoms with Gasteiger partial charge in [0.25, 0.3) is 0 Å². The molecule has 4 N–H and O–H groups in total.